The van der Waals surface area contributed by atoms with Gasteiger partial charge in [-0.05, 0) is 18.1 Å². The summed E-state index contributed by atoms with van der Waals surface area (Å²) in [5.74, 6) is -1.33. The predicted octanol–water partition coefficient (Wildman–Crippen LogP) is 1.20. The maximum atomic E-state index is 10.7. The van der Waals surface area contributed by atoms with Crippen molar-refractivity contribution in [3.05, 3.63) is 23.8 Å². The first-order chi connectivity index (χ1) is 6.69. The van der Waals surface area contributed by atoms with Crippen LogP contribution in [0.3, 0.4) is 0 Å². The lowest BCUT2D eigenvalue weighted by Crippen LogP contribution is -2.22. The summed E-state index contributed by atoms with van der Waals surface area (Å²) < 4.78 is 10.7. The molecule has 0 fully saturated rings. The Balaban J connectivity index is 2.91. The zero-order chi connectivity index (χ0) is 10.6. The lowest BCUT2D eigenvalue weighted by molar-refractivity contribution is -0.137. The molecule has 0 spiro atoms. The third kappa shape index (κ3) is 2.56. The first-order valence-corrected chi connectivity index (χ1v) is 5.31. The summed E-state index contributed by atoms with van der Waals surface area (Å²) in [4.78, 5) is 11.0. The van der Waals surface area contributed by atoms with Crippen LogP contribution >= 0.6 is 11.6 Å². The van der Waals surface area contributed by atoms with Gasteiger partial charge in [-0.15, -0.1) is 11.6 Å². The monoisotopic (exact) mass is 232 g/mol. The molecule has 14 heavy (non-hydrogen) atoms. The molecule has 3 nitrogen and oxygen atoms in total. The first-order valence-electron chi connectivity index (χ1n) is 4.03. The number of allylic oxidation sites excluding steroid dienone is 3. The van der Waals surface area contributed by atoms with Crippen LogP contribution in [0.15, 0.2) is 23.8 Å². The van der Waals surface area contributed by atoms with Gasteiger partial charge in [0.05, 0.1) is 16.1 Å². The molecule has 0 amide bonds. The fraction of sp³-hybridized carbons (Fsp3) is 0.333. The number of hydrogen-bond acceptors (Lipinski definition) is 2. The maximum absolute atomic E-state index is 10.7. The molecule has 1 rings (SSSR count). The second kappa shape index (κ2) is 5.12. The minimum absolute atomic E-state index is 0.227. The highest BCUT2D eigenvalue weighted by molar-refractivity contribution is 7.67. The molecule has 1 unspecified atom stereocenters. The van der Waals surface area contributed by atoms with E-state index in [9.17, 15) is 9.00 Å². The number of halogens is 1. The van der Waals surface area contributed by atoms with Gasteiger partial charge in [0.25, 0.3) is 0 Å². The van der Waals surface area contributed by atoms with Crippen LogP contribution in [0.4, 0.5) is 0 Å². The zero-order valence-electron chi connectivity index (χ0n) is 7.27. The van der Waals surface area contributed by atoms with E-state index in [2.05, 4.69) is 0 Å². The molecule has 0 aromatic carbocycles. The average molecular weight is 233 g/mol. The predicted molar refractivity (Wildman–Crippen MR) is 56.8 cm³/mol. The number of hydrogen-bond donors (Lipinski definition) is 1. The van der Waals surface area contributed by atoms with Crippen LogP contribution in [0.2, 0.25) is 0 Å². The molecule has 0 saturated carbocycles. The van der Waals surface area contributed by atoms with Crippen LogP contribution < -0.4 is 0 Å². The largest absolute Gasteiger partial charge is 0.481 e. The van der Waals surface area contributed by atoms with Crippen LogP contribution in [0, 0.1) is 5.92 Å². The van der Waals surface area contributed by atoms with Crippen molar-refractivity contribution in [2.24, 2.45) is 5.92 Å². The maximum Gasteiger partial charge on any atom is 0.315 e. The van der Waals surface area contributed by atoms with Gasteiger partial charge in [-0.1, -0.05) is 12.2 Å². The Morgan fingerprint density at radius 3 is 2.86 bits per heavy atom. The highest BCUT2D eigenvalue weighted by atomic mass is 35.5. The van der Waals surface area contributed by atoms with Gasteiger partial charge < -0.3 is 5.11 Å². The minimum Gasteiger partial charge on any atom is -0.481 e. The topological polar surface area (TPSA) is 54.4 Å². The smallest absolute Gasteiger partial charge is 0.315 e. The van der Waals surface area contributed by atoms with Gasteiger partial charge in [-0.25, -0.2) is 4.21 Å². The molecule has 0 heterocycles. The molecule has 1 aliphatic rings. The first kappa shape index (κ1) is 11.2. The summed E-state index contributed by atoms with van der Waals surface area (Å²) in [6.45, 7) is 0. The molecule has 76 valence electrons. The van der Waals surface area contributed by atoms with E-state index < -0.39 is 11.9 Å². The van der Waals surface area contributed by atoms with Gasteiger partial charge in [-0.2, -0.15) is 0 Å². The second-order valence-electron chi connectivity index (χ2n) is 2.82. The van der Waals surface area contributed by atoms with Gasteiger partial charge in [0, 0.05) is 5.88 Å². The van der Waals surface area contributed by atoms with Crippen molar-refractivity contribution in [2.45, 2.75) is 6.42 Å². The number of carboxylic acid groups (broad SMARTS) is 1. The summed E-state index contributed by atoms with van der Waals surface area (Å²) in [5.41, 5.74) is 0.899. The van der Waals surface area contributed by atoms with Crippen molar-refractivity contribution in [1.82, 2.24) is 0 Å². The van der Waals surface area contributed by atoms with E-state index >= 15 is 0 Å². The normalized spacial score (nSPS) is 20.5. The molecule has 5 heteroatoms. The molecule has 0 aliphatic heterocycles. The molecule has 1 N–H and O–H groups in total. The molecule has 0 aromatic heterocycles. The highest BCUT2D eigenvalue weighted by Crippen LogP contribution is 2.16. The molecule has 0 radical (unpaired) electrons. The van der Waals surface area contributed by atoms with Crippen molar-refractivity contribution < 1.29 is 14.1 Å². The third-order valence-electron chi connectivity index (χ3n) is 1.88. The van der Waals surface area contributed by atoms with Crippen LogP contribution in [-0.2, 0) is 16.1 Å². The molecular formula is C9H9ClO3S. The van der Waals surface area contributed by atoms with E-state index in [1.807, 2.05) is 0 Å². The van der Waals surface area contributed by atoms with Crippen LogP contribution in [0.1, 0.15) is 6.42 Å². The van der Waals surface area contributed by atoms with Gasteiger partial charge in [0.1, 0.15) is 5.92 Å². The van der Waals surface area contributed by atoms with Crippen molar-refractivity contribution in [2.75, 3.05) is 5.88 Å². The Hall–Kier alpha value is -0.870. The Kier molecular flexibility index (Phi) is 4.10. The lowest BCUT2D eigenvalue weighted by atomic mass is 9.95. The summed E-state index contributed by atoms with van der Waals surface area (Å²) in [6.07, 6.45) is 5.48. The quantitative estimate of drug-likeness (QED) is 0.588. The molecule has 1 atom stereocenters. The van der Waals surface area contributed by atoms with Crippen molar-refractivity contribution >= 4 is 33.7 Å². The van der Waals surface area contributed by atoms with E-state index in [0.717, 1.165) is 5.57 Å². The van der Waals surface area contributed by atoms with Gasteiger partial charge in [0.2, 0.25) is 0 Å². The van der Waals surface area contributed by atoms with Crippen LogP contribution in [0.5, 0.6) is 0 Å². The van der Waals surface area contributed by atoms with Gasteiger partial charge >= 0.3 is 5.97 Å². The Morgan fingerprint density at radius 1 is 1.64 bits per heavy atom. The molecule has 0 bridgehead atoms. The fourth-order valence-corrected chi connectivity index (χ4v) is 1.88. The van der Waals surface area contributed by atoms with Crippen molar-refractivity contribution in [1.29, 1.82) is 0 Å². The summed E-state index contributed by atoms with van der Waals surface area (Å²) in [5, 5.41) is 8.78. The zero-order valence-corrected chi connectivity index (χ0v) is 8.85. The number of alkyl halides is 1. The van der Waals surface area contributed by atoms with Gasteiger partial charge in [-0.3, -0.25) is 4.79 Å². The fourth-order valence-electron chi connectivity index (χ4n) is 1.18. The Morgan fingerprint density at radius 2 is 2.36 bits per heavy atom. The average Bonchev–Trinajstić information content (AvgIpc) is 2.17. The van der Waals surface area contributed by atoms with Crippen molar-refractivity contribution in [3.8, 4) is 0 Å². The summed E-state index contributed by atoms with van der Waals surface area (Å²) >= 11 is 5.77. The molecule has 1 aliphatic carbocycles. The standard InChI is InChI=1S/C9H9ClO3S/c10-4-3-6-1-2-7(9(11)12)8(5-6)14-13/h1-2,5,7H,3-4H2,(H,11,12). The van der Waals surface area contributed by atoms with Crippen molar-refractivity contribution in [3.63, 3.8) is 0 Å². The summed E-state index contributed by atoms with van der Waals surface area (Å²) in [6, 6.07) is 0. The number of carbonyl (C=O) groups is 1. The highest BCUT2D eigenvalue weighted by Gasteiger charge is 2.22. The van der Waals surface area contributed by atoms with E-state index in [-0.39, 0.29) is 11.3 Å². The van der Waals surface area contributed by atoms with Crippen LogP contribution in [0.25, 0.3) is 0 Å². The van der Waals surface area contributed by atoms with Crippen LogP contribution in [-0.4, -0.2) is 26.0 Å². The SMILES string of the molecule is O=S=C1C=C(CCCl)C=CC1C(=O)O. The Labute approximate surface area is 90.1 Å². The Bertz CT molecular complexity index is 353. The number of rotatable bonds is 3. The number of aliphatic carboxylic acids is 1. The van der Waals surface area contributed by atoms with E-state index in [1.54, 1.807) is 12.2 Å². The minimum atomic E-state index is -0.999. The van der Waals surface area contributed by atoms with E-state index in [1.165, 1.54) is 6.08 Å². The van der Waals surface area contributed by atoms with E-state index in [4.69, 9.17) is 16.7 Å². The molecular weight excluding hydrogens is 224 g/mol. The number of carboxylic acids is 1. The van der Waals surface area contributed by atoms with E-state index in [0.29, 0.717) is 17.2 Å². The lowest BCUT2D eigenvalue weighted by Gasteiger charge is -2.12. The molecule has 0 saturated heterocycles. The van der Waals surface area contributed by atoms with Gasteiger partial charge in [0.15, 0.2) is 0 Å². The molecule has 0 aromatic rings. The summed E-state index contributed by atoms with van der Waals surface area (Å²) in [7, 11) is 0. The second-order valence-corrected chi connectivity index (χ2v) is 3.83. The third-order valence-corrected chi connectivity index (χ3v) is 2.64.